The summed E-state index contributed by atoms with van der Waals surface area (Å²) in [6.07, 6.45) is 0. The van der Waals surface area contributed by atoms with Crippen molar-refractivity contribution in [3.63, 3.8) is 0 Å². The number of benzene rings is 6. The highest BCUT2D eigenvalue weighted by atomic mass is 32.2. The van der Waals surface area contributed by atoms with Crippen LogP contribution in [0.15, 0.2) is 163 Å². The standard InChI is InChI=1S/C42H29N9O9S4/c1-24-35(23-43)39(44-29-13-17-32(18-14-29)62(52,53)54)47-40(45-30-15-19-33(20-16-30)63(55,56)57)37(24)49-51-42-46-38(28-10-9-25-5-2-3-6-27(25)21-28)41(61-42)50-48-31-12-11-26-7-4-8-36(34(26)22-31)64(58,59)60/h2-22H,1H3,(H2,44,45,47)(H,52,53,54)(H,55,56,57)(H,58,59,60). The van der Waals surface area contributed by atoms with Crippen molar-refractivity contribution in [2.75, 3.05) is 10.6 Å². The molecule has 0 bridgehead atoms. The van der Waals surface area contributed by atoms with E-state index in [0.717, 1.165) is 46.4 Å². The Kier molecular flexibility index (Phi) is 11.5. The lowest BCUT2D eigenvalue weighted by molar-refractivity contribution is 0.481. The lowest BCUT2D eigenvalue weighted by Crippen LogP contribution is -2.05. The molecule has 320 valence electrons. The normalized spacial score (nSPS) is 12.3. The van der Waals surface area contributed by atoms with Gasteiger partial charge >= 0.3 is 0 Å². The van der Waals surface area contributed by atoms with Crippen molar-refractivity contribution in [2.45, 2.75) is 21.6 Å². The molecule has 0 fully saturated rings. The van der Waals surface area contributed by atoms with E-state index in [4.69, 9.17) is 4.98 Å². The van der Waals surface area contributed by atoms with Crippen molar-refractivity contribution in [1.82, 2.24) is 9.97 Å². The molecule has 8 aromatic rings. The van der Waals surface area contributed by atoms with Crippen molar-refractivity contribution in [1.29, 1.82) is 5.26 Å². The molecule has 5 N–H and O–H groups in total. The van der Waals surface area contributed by atoms with Gasteiger partial charge in [-0.1, -0.05) is 65.9 Å². The maximum absolute atomic E-state index is 12.1. The molecule has 0 aliphatic carbocycles. The smallest absolute Gasteiger partial charge is 0.295 e. The third-order valence-electron chi connectivity index (χ3n) is 9.57. The predicted molar refractivity (Wildman–Crippen MR) is 240 cm³/mol. The van der Waals surface area contributed by atoms with Crippen LogP contribution < -0.4 is 10.6 Å². The lowest BCUT2D eigenvalue weighted by Gasteiger charge is -2.16. The van der Waals surface area contributed by atoms with E-state index in [1.54, 1.807) is 25.1 Å². The number of nitrogens with one attached hydrogen (secondary N) is 2. The summed E-state index contributed by atoms with van der Waals surface area (Å²) >= 11 is 1.02. The fourth-order valence-electron chi connectivity index (χ4n) is 6.48. The minimum atomic E-state index is -4.55. The zero-order valence-electron chi connectivity index (χ0n) is 32.7. The molecule has 8 rings (SSSR count). The van der Waals surface area contributed by atoms with Crippen LogP contribution in [0.25, 0.3) is 32.8 Å². The van der Waals surface area contributed by atoms with Gasteiger partial charge in [0.05, 0.1) is 21.0 Å². The monoisotopic (exact) mass is 931 g/mol. The number of fused-ring (bicyclic) bond motifs is 2. The lowest BCUT2D eigenvalue weighted by atomic mass is 10.1. The van der Waals surface area contributed by atoms with Crippen LogP contribution in [0.4, 0.5) is 44.5 Å². The second kappa shape index (κ2) is 17.1. The van der Waals surface area contributed by atoms with Crippen LogP contribution in [-0.2, 0) is 30.4 Å². The van der Waals surface area contributed by atoms with E-state index < -0.39 is 30.4 Å². The summed E-state index contributed by atoms with van der Waals surface area (Å²) in [5.74, 6) is 0.0484. The third-order valence-corrected chi connectivity index (χ3v) is 13.0. The van der Waals surface area contributed by atoms with Gasteiger partial charge in [-0.2, -0.15) is 30.5 Å². The molecule has 2 heterocycles. The predicted octanol–water partition coefficient (Wildman–Crippen LogP) is 10.7. The largest absolute Gasteiger partial charge is 0.339 e. The maximum Gasteiger partial charge on any atom is 0.295 e. The zero-order chi connectivity index (χ0) is 45.4. The van der Waals surface area contributed by atoms with Crippen LogP contribution in [0, 0.1) is 18.3 Å². The maximum atomic E-state index is 12.1. The van der Waals surface area contributed by atoms with E-state index in [-0.39, 0.29) is 59.3 Å². The van der Waals surface area contributed by atoms with Gasteiger partial charge in [-0.15, -0.1) is 20.5 Å². The number of nitrogens with zero attached hydrogens (tertiary/aromatic N) is 7. The molecule has 0 saturated heterocycles. The summed E-state index contributed by atoms with van der Waals surface area (Å²) in [5.41, 5.74) is 2.31. The Morgan fingerprint density at radius 3 is 1.84 bits per heavy atom. The van der Waals surface area contributed by atoms with Gasteiger partial charge in [-0.25, -0.2) is 9.97 Å². The molecule has 0 amide bonds. The number of azo groups is 2. The molecule has 0 spiro atoms. The van der Waals surface area contributed by atoms with Crippen LogP contribution in [-0.4, -0.2) is 48.9 Å². The molecule has 0 aliphatic rings. The Morgan fingerprint density at radius 1 is 0.609 bits per heavy atom. The number of nitriles is 1. The van der Waals surface area contributed by atoms with Gasteiger partial charge in [0.15, 0.2) is 16.6 Å². The molecule has 2 aromatic heterocycles. The Bertz CT molecular complexity index is 3610. The second-order valence-corrected chi connectivity index (χ2v) is 19.0. The van der Waals surface area contributed by atoms with Crippen molar-refractivity contribution >= 4 is 108 Å². The van der Waals surface area contributed by atoms with E-state index in [1.165, 1.54) is 42.5 Å². The van der Waals surface area contributed by atoms with E-state index in [2.05, 4.69) is 42.1 Å². The highest BCUT2D eigenvalue weighted by molar-refractivity contribution is 7.86. The summed E-state index contributed by atoms with van der Waals surface area (Å²) in [6, 6.07) is 34.9. The Morgan fingerprint density at radius 2 is 1.22 bits per heavy atom. The number of aromatic nitrogens is 2. The Hall–Kier alpha value is -7.36. The topological polar surface area (TPSA) is 286 Å². The van der Waals surface area contributed by atoms with E-state index in [9.17, 15) is 44.2 Å². The highest BCUT2D eigenvalue weighted by Crippen LogP contribution is 2.43. The summed E-state index contributed by atoms with van der Waals surface area (Å²) in [7, 11) is -13.5. The van der Waals surface area contributed by atoms with Crippen LogP contribution in [0.1, 0.15) is 11.1 Å². The third kappa shape index (κ3) is 9.35. The first-order chi connectivity index (χ1) is 30.4. The average molecular weight is 932 g/mol. The van der Waals surface area contributed by atoms with Gasteiger partial charge in [-0.05, 0) is 95.9 Å². The van der Waals surface area contributed by atoms with Crippen molar-refractivity contribution < 1.29 is 38.9 Å². The van der Waals surface area contributed by atoms with E-state index >= 15 is 0 Å². The average Bonchev–Trinajstić information content (AvgIpc) is 3.67. The quantitative estimate of drug-likeness (QED) is 0.0563. The zero-order valence-corrected chi connectivity index (χ0v) is 35.9. The van der Waals surface area contributed by atoms with Crippen LogP contribution >= 0.6 is 11.3 Å². The number of hydrogen-bond acceptors (Lipinski definition) is 16. The fourth-order valence-corrected chi connectivity index (χ4v) is 8.87. The second-order valence-electron chi connectivity index (χ2n) is 13.8. The van der Waals surface area contributed by atoms with E-state index in [0.29, 0.717) is 33.0 Å². The van der Waals surface area contributed by atoms with Crippen LogP contribution in [0.2, 0.25) is 0 Å². The number of rotatable bonds is 12. The van der Waals surface area contributed by atoms with Gasteiger partial charge in [0.25, 0.3) is 30.4 Å². The van der Waals surface area contributed by atoms with Gasteiger partial charge < -0.3 is 10.6 Å². The SMILES string of the molecule is Cc1c(C#N)c(Nc2ccc(S(=O)(=O)O)cc2)nc(Nc2ccc(S(=O)(=O)O)cc2)c1N=Nc1nc(-c2ccc3ccccc3c2)c(N=Nc2ccc3cccc(S(=O)(=O)O)c3c2)s1. The van der Waals surface area contributed by atoms with Gasteiger partial charge in [-0.3, -0.25) is 13.7 Å². The number of pyridine rings is 1. The molecule has 0 unspecified atom stereocenters. The molecule has 0 radical (unpaired) electrons. The minimum Gasteiger partial charge on any atom is -0.339 e. The van der Waals surface area contributed by atoms with Crippen LogP contribution in [0.5, 0.6) is 0 Å². The summed E-state index contributed by atoms with van der Waals surface area (Å²) in [5, 5.41) is 37.3. The summed E-state index contributed by atoms with van der Waals surface area (Å²) in [6.45, 7) is 1.59. The summed E-state index contributed by atoms with van der Waals surface area (Å²) < 4.78 is 99.8. The molecular weight excluding hydrogens is 903 g/mol. The number of thiazole rings is 1. The fraction of sp³-hybridized carbons (Fsp3) is 0.0238. The number of anilines is 4. The molecule has 22 heteroatoms. The van der Waals surface area contributed by atoms with Gasteiger partial charge in [0.2, 0.25) is 5.13 Å². The van der Waals surface area contributed by atoms with Crippen molar-refractivity contribution in [3.05, 3.63) is 139 Å². The molecule has 18 nitrogen and oxygen atoms in total. The molecule has 0 atom stereocenters. The number of hydrogen-bond donors (Lipinski definition) is 5. The molecular formula is C42H29N9O9S4. The first-order valence-electron chi connectivity index (χ1n) is 18.4. The minimum absolute atomic E-state index is 0.0172. The Labute approximate surface area is 368 Å². The first-order valence-corrected chi connectivity index (χ1v) is 23.6. The van der Waals surface area contributed by atoms with Crippen LogP contribution in [0.3, 0.4) is 0 Å². The first kappa shape index (κ1) is 43.3. The van der Waals surface area contributed by atoms with Crippen molar-refractivity contribution in [2.24, 2.45) is 20.5 Å². The van der Waals surface area contributed by atoms with Gasteiger partial charge in [0.1, 0.15) is 22.3 Å². The van der Waals surface area contributed by atoms with Crippen molar-refractivity contribution in [3.8, 4) is 17.3 Å². The summed E-state index contributed by atoms with van der Waals surface area (Å²) in [4.78, 5) is 8.38. The molecule has 0 aliphatic heterocycles. The van der Waals surface area contributed by atoms with E-state index in [1.807, 2.05) is 42.5 Å². The highest BCUT2D eigenvalue weighted by Gasteiger charge is 2.21. The molecule has 0 saturated carbocycles. The van der Waals surface area contributed by atoms with Gasteiger partial charge in [0, 0.05) is 27.9 Å². The molecule has 64 heavy (non-hydrogen) atoms. The molecule has 6 aromatic carbocycles. The Balaban J connectivity index is 1.22.